The fraction of sp³-hybridized carbons (Fsp3) is 0.309. The van der Waals surface area contributed by atoms with E-state index in [0.29, 0.717) is 58.0 Å². The van der Waals surface area contributed by atoms with Gasteiger partial charge in [0, 0.05) is 80.2 Å². The molecule has 6 aliphatic rings. The zero-order valence-electron chi connectivity index (χ0n) is 46.9. The lowest BCUT2D eigenvalue weighted by Gasteiger charge is -2.47. The van der Waals surface area contributed by atoms with Crippen LogP contribution >= 0.6 is 46.2 Å². The molecule has 4 aliphatic heterocycles. The van der Waals surface area contributed by atoms with Crippen molar-refractivity contribution in [1.82, 2.24) is 4.90 Å². The van der Waals surface area contributed by atoms with E-state index in [1.165, 1.54) is 64.4 Å². The molecule has 14 rings (SSSR count). The van der Waals surface area contributed by atoms with Crippen LogP contribution in [0.15, 0.2) is 132 Å². The van der Waals surface area contributed by atoms with Crippen molar-refractivity contribution in [3.8, 4) is 0 Å². The van der Waals surface area contributed by atoms with Crippen LogP contribution in [0.1, 0.15) is 163 Å². The zero-order valence-corrected chi connectivity index (χ0v) is 50.1. The molecule has 1 fully saturated rings. The number of hydrogen-bond acceptors (Lipinski definition) is 9. The Kier molecular flexibility index (Phi) is 12.9. The van der Waals surface area contributed by atoms with Crippen LogP contribution in [0.4, 0.5) is 32.0 Å². The molecule has 2 unspecified atom stereocenters. The van der Waals surface area contributed by atoms with Crippen molar-refractivity contribution in [2.75, 3.05) is 4.90 Å². The number of rotatable bonds is 16. The molecule has 2 aliphatic carbocycles. The Balaban J connectivity index is 0.750. The summed E-state index contributed by atoms with van der Waals surface area (Å²) in [6, 6.07) is 27.2. The van der Waals surface area contributed by atoms with Crippen LogP contribution < -0.4 is 4.90 Å². The highest BCUT2D eigenvalue weighted by molar-refractivity contribution is 8.14. The number of amides is 4. The third-order valence-corrected chi connectivity index (χ3v) is 24.3. The van der Waals surface area contributed by atoms with Crippen molar-refractivity contribution in [3.05, 3.63) is 179 Å². The first-order chi connectivity index (χ1) is 40.6. The molecule has 8 aromatic rings. The van der Waals surface area contributed by atoms with Crippen molar-refractivity contribution in [2.24, 2.45) is 0 Å². The smallest absolute Gasteiger partial charge is 0.288 e. The molecule has 85 heavy (non-hydrogen) atoms. The summed E-state index contributed by atoms with van der Waals surface area (Å²) in [7, 11) is 0. The quantitative estimate of drug-likeness (QED) is 0.0238. The summed E-state index contributed by atoms with van der Waals surface area (Å²) >= 11 is 4.74. The lowest BCUT2D eigenvalue weighted by atomic mass is 9.71. The molecular formula is C68H54F6N2O5S4. The highest BCUT2D eigenvalue weighted by atomic mass is 32.2. The van der Waals surface area contributed by atoms with E-state index >= 15 is 26.3 Å². The van der Waals surface area contributed by atoms with Gasteiger partial charge in [0.1, 0.15) is 0 Å². The molecule has 0 radical (unpaired) electrons. The number of aryl methyl sites for hydroxylation is 1. The third kappa shape index (κ3) is 7.70. The monoisotopic (exact) mass is 1220 g/mol. The lowest BCUT2D eigenvalue weighted by molar-refractivity contribution is -0.258. The van der Waals surface area contributed by atoms with E-state index < -0.39 is 56.0 Å². The van der Waals surface area contributed by atoms with Crippen LogP contribution in [-0.2, 0) is 0 Å². The SMILES string of the molecule is CCCCCCC(CCCCCC)N1C(=O)c2ccc3c4ccc5c6c(ccc(c7ccc(c2c37)C1=O)c64)C(=O)N(c1ccc(C(=O)c2ccc(C3=CC4=C6C(=C7C=C(c8ccc(C)s8)SC7(C)C4(C)S3)C(F)(F)C(F)(F)C6(F)F)s2)cc1)C5=O. The third-order valence-electron chi connectivity index (χ3n) is 18.6. The number of nitrogens with zero attached hydrogens (tertiary/aromatic N) is 2. The number of hydrogen-bond donors (Lipinski definition) is 0. The van der Waals surface area contributed by atoms with Gasteiger partial charge >= 0.3 is 17.8 Å². The number of thiophene rings is 2. The second kappa shape index (κ2) is 19.6. The van der Waals surface area contributed by atoms with Gasteiger partial charge in [-0.1, -0.05) is 89.5 Å². The maximum absolute atomic E-state index is 16.1. The van der Waals surface area contributed by atoms with Gasteiger partial charge in [-0.25, -0.2) is 4.90 Å². The van der Waals surface area contributed by atoms with Crippen LogP contribution in [-0.4, -0.2) is 67.6 Å². The number of anilines is 1. The molecule has 0 saturated heterocycles. The Morgan fingerprint density at radius 3 is 1.38 bits per heavy atom. The van der Waals surface area contributed by atoms with E-state index in [1.807, 2.05) is 49.4 Å². The number of imide groups is 2. The molecule has 0 spiro atoms. The number of fused-ring (bicyclic) bond motifs is 6. The van der Waals surface area contributed by atoms with Crippen LogP contribution in [0.25, 0.3) is 52.9 Å². The van der Waals surface area contributed by atoms with Gasteiger partial charge in [0.05, 0.1) is 20.1 Å². The lowest BCUT2D eigenvalue weighted by Crippen LogP contribution is -2.48. The first-order valence-corrected chi connectivity index (χ1v) is 32.1. The fourth-order valence-corrected chi connectivity index (χ4v) is 19.2. The fourth-order valence-electron chi connectivity index (χ4n) is 14.1. The number of carbonyl (C=O) groups excluding carboxylic acids is 5. The molecule has 6 aromatic carbocycles. The molecular weight excluding hydrogens is 1170 g/mol. The largest absolute Gasteiger partial charge is 0.380 e. The summed E-state index contributed by atoms with van der Waals surface area (Å²) < 4.78 is 92.3. The summed E-state index contributed by atoms with van der Waals surface area (Å²) in [5.74, 6) is -18.2. The molecule has 1 saturated carbocycles. The molecule has 6 heterocycles. The molecule has 2 atom stereocenters. The van der Waals surface area contributed by atoms with Crippen LogP contribution in [0.5, 0.6) is 0 Å². The van der Waals surface area contributed by atoms with E-state index in [0.717, 1.165) is 124 Å². The summed E-state index contributed by atoms with van der Waals surface area (Å²) in [5, 5.41) is 5.71. The predicted octanol–water partition coefficient (Wildman–Crippen LogP) is 19.0. The molecule has 432 valence electrons. The van der Waals surface area contributed by atoms with Crippen molar-refractivity contribution < 1.29 is 50.3 Å². The molecule has 7 nitrogen and oxygen atoms in total. The number of unbranched alkanes of at least 4 members (excludes halogenated alkanes) is 6. The second-order valence-electron chi connectivity index (χ2n) is 23.5. The maximum atomic E-state index is 16.1. The Morgan fingerprint density at radius 1 is 0.506 bits per heavy atom. The van der Waals surface area contributed by atoms with Crippen LogP contribution in [0, 0.1) is 6.92 Å². The molecule has 2 aromatic heterocycles. The highest BCUT2D eigenvalue weighted by Gasteiger charge is 2.84. The van der Waals surface area contributed by atoms with E-state index in [1.54, 1.807) is 44.2 Å². The standard InChI is InChI=1S/C68H54F6N2O5S4/c1-6-8-10-12-14-36(15-13-11-9-7-2)75-60(78)42-25-21-38-40-23-27-44-56-45(28-24-41(54(40)56)39-22-26-43(61(75)79)55(42)53(38)39)63(81)76(62(44)80)37-19-17-35(18-20-37)59(77)50-31-30-49(83-50)52-33-47-58-57(66(69,70)68(73,74)67(58,71)72)46-32-51(48-29-16-34(3)82-48)84-64(46,4)65(47,5)85-52/h16-33,36H,6-15H2,1-5H3. The van der Waals surface area contributed by atoms with Gasteiger partial charge in [-0.3, -0.25) is 28.9 Å². The summed E-state index contributed by atoms with van der Waals surface area (Å²) in [4.78, 5) is 78.8. The van der Waals surface area contributed by atoms with Gasteiger partial charge < -0.3 is 0 Å². The van der Waals surface area contributed by atoms with Crippen LogP contribution in [0.2, 0.25) is 0 Å². The van der Waals surface area contributed by atoms with Gasteiger partial charge in [0.2, 0.25) is 5.78 Å². The van der Waals surface area contributed by atoms with Gasteiger partial charge in [-0.15, -0.1) is 46.2 Å². The molecule has 17 heteroatoms. The van der Waals surface area contributed by atoms with E-state index in [4.69, 9.17) is 0 Å². The Bertz CT molecular complexity index is 4320. The van der Waals surface area contributed by atoms with Gasteiger partial charge in [-0.05, 0) is 162 Å². The second-order valence-corrected chi connectivity index (χ2v) is 28.8. The summed E-state index contributed by atoms with van der Waals surface area (Å²) in [5.41, 5.74) is -1.28. The number of benzene rings is 6. The minimum atomic E-state index is -5.70. The zero-order chi connectivity index (χ0) is 59.6. The summed E-state index contributed by atoms with van der Waals surface area (Å²) in [6.07, 6.45) is 12.5. The first kappa shape index (κ1) is 56.0. The van der Waals surface area contributed by atoms with Gasteiger partial charge in [0.15, 0.2) is 0 Å². The number of thioether (sulfide) groups is 2. The molecule has 4 amide bonds. The number of alkyl halides is 6. The van der Waals surface area contributed by atoms with Gasteiger partial charge in [0.25, 0.3) is 23.6 Å². The van der Waals surface area contributed by atoms with E-state index in [-0.39, 0.29) is 45.1 Å². The topological polar surface area (TPSA) is 91.8 Å². The number of halogens is 6. The maximum Gasteiger partial charge on any atom is 0.380 e. The normalized spacial score (nSPS) is 21.9. The summed E-state index contributed by atoms with van der Waals surface area (Å²) in [6.45, 7) is 9.47. The average Bonchev–Trinajstić information content (AvgIpc) is 1.55. The minimum absolute atomic E-state index is 0.205. The predicted molar refractivity (Wildman–Crippen MR) is 331 cm³/mol. The van der Waals surface area contributed by atoms with Gasteiger partial charge in [-0.2, -0.15) is 26.3 Å². The average molecular weight is 1220 g/mol. The Labute approximate surface area is 502 Å². The highest BCUT2D eigenvalue weighted by Crippen LogP contribution is 2.75. The molecule has 0 bridgehead atoms. The molecule has 0 N–H and O–H groups in total. The number of ketones is 1. The Hall–Kier alpha value is -6.79. The van der Waals surface area contributed by atoms with Crippen LogP contribution in [0.3, 0.4) is 0 Å². The van der Waals surface area contributed by atoms with Crippen molar-refractivity contribution in [3.63, 3.8) is 0 Å². The van der Waals surface area contributed by atoms with Crippen molar-refractivity contribution in [2.45, 2.75) is 132 Å². The van der Waals surface area contributed by atoms with E-state index in [2.05, 4.69) is 13.8 Å². The van der Waals surface area contributed by atoms with E-state index in [9.17, 15) is 24.0 Å². The Morgan fingerprint density at radius 2 is 0.941 bits per heavy atom. The van der Waals surface area contributed by atoms with Crippen molar-refractivity contribution in [1.29, 1.82) is 0 Å². The van der Waals surface area contributed by atoms with Crippen molar-refractivity contribution >= 4 is 134 Å². The first-order valence-electron chi connectivity index (χ1n) is 28.8. The number of carbonyl (C=O) groups is 5. The minimum Gasteiger partial charge on any atom is -0.288 e. The number of allylic oxidation sites excluding steroid dienone is 4.